The second-order valence-corrected chi connectivity index (χ2v) is 12.7. The van der Waals surface area contributed by atoms with Crippen LogP contribution in [0.1, 0.15) is 105 Å². The molecule has 2 N–H and O–H groups in total. The number of nitrogens with one attached hydrogen (secondary N) is 2. The number of likely N-dealkylation sites (tertiary alicyclic amines) is 1. The first-order valence-corrected chi connectivity index (χ1v) is 14.9. The lowest BCUT2D eigenvalue weighted by atomic mass is 9.83. The van der Waals surface area contributed by atoms with Crippen LogP contribution in [-0.2, 0) is 15.0 Å². The van der Waals surface area contributed by atoms with Gasteiger partial charge in [-0.3, -0.25) is 14.4 Å². The van der Waals surface area contributed by atoms with Crippen LogP contribution in [-0.4, -0.2) is 53.2 Å². The molecule has 0 radical (unpaired) electrons. The molecule has 1 aromatic carbocycles. The Kier molecular flexibility index (Phi) is 9.04. The van der Waals surface area contributed by atoms with Crippen LogP contribution < -0.4 is 10.6 Å². The first-order valence-electron chi connectivity index (χ1n) is 14.0. The summed E-state index contributed by atoms with van der Waals surface area (Å²) < 4.78 is 0. The Bertz CT molecular complexity index is 1150. The van der Waals surface area contributed by atoms with Crippen molar-refractivity contribution in [2.24, 2.45) is 5.92 Å². The van der Waals surface area contributed by atoms with Crippen LogP contribution in [0.2, 0.25) is 0 Å². The number of likely N-dealkylation sites (N-methyl/N-ethyl adjacent to an activating group) is 1. The standard InChI is InChI=1S/C30H42N4O3S/c1-19(31-5)27(36)33-25(20-11-7-6-8-12-20)29(37)34-16-10-15-24(34)28-32-23(18-38-28)26(35)21-13-9-14-22(17-21)30(2,3)4/h9,13-14,17-20,24-25,31H,6-8,10-12,15-16H2,1-5H3,(H,33,36)/t19-,24-,25-/m0/s1. The molecule has 1 saturated carbocycles. The van der Waals surface area contributed by atoms with Crippen molar-refractivity contribution in [2.45, 2.75) is 96.2 Å². The molecule has 0 bridgehead atoms. The quantitative estimate of drug-likeness (QED) is 0.461. The topological polar surface area (TPSA) is 91.4 Å². The molecule has 1 aliphatic heterocycles. The van der Waals surface area contributed by atoms with Crippen molar-refractivity contribution in [3.05, 3.63) is 51.5 Å². The van der Waals surface area contributed by atoms with Crippen molar-refractivity contribution in [3.63, 3.8) is 0 Å². The maximum absolute atomic E-state index is 14.0. The molecule has 3 atom stereocenters. The smallest absolute Gasteiger partial charge is 0.246 e. The molecule has 2 fully saturated rings. The molecule has 38 heavy (non-hydrogen) atoms. The maximum Gasteiger partial charge on any atom is 0.246 e. The minimum absolute atomic E-state index is 0.0167. The van der Waals surface area contributed by atoms with Crippen LogP contribution in [0.4, 0.5) is 0 Å². The zero-order valence-corrected chi connectivity index (χ0v) is 24.2. The third kappa shape index (κ3) is 6.34. The van der Waals surface area contributed by atoms with Crippen molar-refractivity contribution < 1.29 is 14.4 Å². The van der Waals surface area contributed by atoms with Crippen molar-refractivity contribution in [2.75, 3.05) is 13.6 Å². The average Bonchev–Trinajstić information content (AvgIpc) is 3.60. The Morgan fingerprint density at radius 2 is 1.82 bits per heavy atom. The summed E-state index contributed by atoms with van der Waals surface area (Å²) in [5.41, 5.74) is 2.11. The number of nitrogens with zero attached hydrogens (tertiary/aromatic N) is 2. The number of benzene rings is 1. The van der Waals surface area contributed by atoms with Gasteiger partial charge in [0, 0.05) is 17.5 Å². The van der Waals surface area contributed by atoms with E-state index in [1.54, 1.807) is 7.05 Å². The minimum Gasteiger partial charge on any atom is -0.343 e. The summed E-state index contributed by atoms with van der Waals surface area (Å²) >= 11 is 1.45. The number of rotatable bonds is 8. The van der Waals surface area contributed by atoms with E-state index in [9.17, 15) is 14.4 Å². The molecule has 1 saturated heterocycles. The molecular weight excluding hydrogens is 496 g/mol. The monoisotopic (exact) mass is 538 g/mol. The van der Waals surface area contributed by atoms with Crippen LogP contribution in [0.5, 0.6) is 0 Å². The van der Waals surface area contributed by atoms with Gasteiger partial charge in [0.25, 0.3) is 0 Å². The number of carbonyl (C=O) groups is 3. The summed E-state index contributed by atoms with van der Waals surface area (Å²) in [4.78, 5) is 46.7. The van der Waals surface area contributed by atoms with E-state index in [1.165, 1.54) is 17.8 Å². The third-order valence-corrected chi connectivity index (χ3v) is 9.02. The lowest BCUT2D eigenvalue weighted by Gasteiger charge is -2.35. The van der Waals surface area contributed by atoms with Crippen molar-refractivity contribution in [1.29, 1.82) is 0 Å². The molecular formula is C30H42N4O3S. The summed E-state index contributed by atoms with van der Waals surface area (Å²) in [6.45, 7) is 8.84. The highest BCUT2D eigenvalue weighted by Gasteiger charge is 2.40. The summed E-state index contributed by atoms with van der Waals surface area (Å²) in [5, 5.41) is 8.67. The highest BCUT2D eigenvalue weighted by Crippen LogP contribution is 2.36. The number of amides is 2. The number of hydrogen-bond donors (Lipinski definition) is 2. The number of hydrogen-bond acceptors (Lipinski definition) is 6. The van der Waals surface area contributed by atoms with E-state index in [0.717, 1.165) is 49.1 Å². The van der Waals surface area contributed by atoms with Crippen LogP contribution >= 0.6 is 11.3 Å². The highest BCUT2D eigenvalue weighted by atomic mass is 32.1. The molecule has 7 nitrogen and oxygen atoms in total. The summed E-state index contributed by atoms with van der Waals surface area (Å²) in [7, 11) is 1.75. The van der Waals surface area contributed by atoms with E-state index >= 15 is 0 Å². The summed E-state index contributed by atoms with van der Waals surface area (Å²) in [6.07, 6.45) is 6.95. The summed E-state index contributed by atoms with van der Waals surface area (Å²) in [5.74, 6) is -0.110. The van der Waals surface area contributed by atoms with Gasteiger partial charge in [0.15, 0.2) is 0 Å². The van der Waals surface area contributed by atoms with E-state index in [1.807, 2.05) is 41.5 Å². The van der Waals surface area contributed by atoms with Crippen molar-refractivity contribution >= 4 is 28.9 Å². The molecule has 1 aliphatic carbocycles. The largest absolute Gasteiger partial charge is 0.343 e. The van der Waals surface area contributed by atoms with E-state index in [0.29, 0.717) is 17.8 Å². The third-order valence-electron chi connectivity index (χ3n) is 8.08. The van der Waals surface area contributed by atoms with Gasteiger partial charge in [-0.2, -0.15) is 0 Å². The normalized spacial score (nSPS) is 20.2. The number of ketones is 1. The van der Waals surface area contributed by atoms with Gasteiger partial charge in [0.05, 0.1) is 12.1 Å². The zero-order chi connectivity index (χ0) is 27.4. The second kappa shape index (κ2) is 12.1. The average molecular weight is 539 g/mol. The van der Waals surface area contributed by atoms with Gasteiger partial charge in [-0.05, 0) is 62.6 Å². The molecule has 2 aliphatic rings. The first-order chi connectivity index (χ1) is 18.1. The van der Waals surface area contributed by atoms with Crippen LogP contribution in [0.3, 0.4) is 0 Å². The Morgan fingerprint density at radius 1 is 1.08 bits per heavy atom. The molecule has 2 amide bonds. The Labute approximate surface area is 230 Å². The predicted molar refractivity (Wildman–Crippen MR) is 151 cm³/mol. The van der Waals surface area contributed by atoms with Crippen LogP contribution in [0.25, 0.3) is 0 Å². The Morgan fingerprint density at radius 3 is 2.50 bits per heavy atom. The fourth-order valence-corrected chi connectivity index (χ4v) is 6.49. The van der Waals surface area contributed by atoms with Crippen LogP contribution in [0, 0.1) is 5.92 Å². The lowest BCUT2D eigenvalue weighted by Crippen LogP contribution is -2.55. The van der Waals surface area contributed by atoms with E-state index in [4.69, 9.17) is 4.98 Å². The fourth-order valence-electron chi connectivity index (χ4n) is 5.54. The van der Waals surface area contributed by atoms with E-state index in [2.05, 4.69) is 31.4 Å². The fraction of sp³-hybridized carbons (Fsp3) is 0.600. The van der Waals surface area contributed by atoms with Gasteiger partial charge < -0.3 is 15.5 Å². The molecule has 206 valence electrons. The molecule has 1 aromatic heterocycles. The SMILES string of the molecule is CN[C@@H](C)C(=O)N[C@H](C(=O)N1CCC[C@H]1c1nc(C(=O)c2cccc(C(C)(C)C)c2)cs1)C1CCCCC1. The van der Waals surface area contributed by atoms with Crippen molar-refractivity contribution in [1.82, 2.24) is 20.5 Å². The highest BCUT2D eigenvalue weighted by molar-refractivity contribution is 7.10. The van der Waals surface area contributed by atoms with Crippen molar-refractivity contribution in [3.8, 4) is 0 Å². The molecule has 2 heterocycles. The molecule has 0 spiro atoms. The lowest BCUT2D eigenvalue weighted by molar-refractivity contribution is -0.139. The van der Waals surface area contributed by atoms with Gasteiger partial charge in [-0.1, -0.05) is 58.2 Å². The maximum atomic E-state index is 14.0. The number of carbonyl (C=O) groups excluding carboxylic acids is 3. The predicted octanol–water partition coefficient (Wildman–Crippen LogP) is 5.01. The molecule has 0 unspecified atom stereocenters. The van der Waals surface area contributed by atoms with E-state index in [-0.39, 0.29) is 41.0 Å². The van der Waals surface area contributed by atoms with E-state index < -0.39 is 6.04 Å². The first kappa shape index (κ1) is 28.4. The van der Waals surface area contributed by atoms with Gasteiger partial charge in [0.2, 0.25) is 17.6 Å². The Hall–Kier alpha value is -2.58. The van der Waals surface area contributed by atoms with Crippen LogP contribution in [0.15, 0.2) is 29.6 Å². The van der Waals surface area contributed by atoms with Gasteiger partial charge >= 0.3 is 0 Å². The second-order valence-electron chi connectivity index (χ2n) is 11.8. The molecule has 8 heteroatoms. The molecule has 4 rings (SSSR count). The molecule has 2 aromatic rings. The van der Waals surface area contributed by atoms with Gasteiger partial charge in [0.1, 0.15) is 16.7 Å². The zero-order valence-electron chi connectivity index (χ0n) is 23.4. The van der Waals surface area contributed by atoms with Gasteiger partial charge in [-0.15, -0.1) is 11.3 Å². The summed E-state index contributed by atoms with van der Waals surface area (Å²) in [6, 6.07) is 6.70. The number of aromatic nitrogens is 1. The minimum atomic E-state index is -0.527. The Balaban J connectivity index is 1.54. The number of thiazole rings is 1. The van der Waals surface area contributed by atoms with Gasteiger partial charge in [-0.25, -0.2) is 4.98 Å².